The van der Waals surface area contributed by atoms with Crippen LogP contribution in [0.4, 0.5) is 5.82 Å². The smallest absolute Gasteiger partial charge is 0.257 e. The number of hydrogen-bond donors (Lipinski definition) is 0. The number of carbonyl (C=O) groups is 1. The first-order valence-electron chi connectivity index (χ1n) is 8.41. The van der Waals surface area contributed by atoms with Gasteiger partial charge in [0.25, 0.3) is 5.91 Å². The minimum atomic E-state index is -0.121. The molecule has 1 saturated heterocycles. The number of rotatable bonds is 3. The van der Waals surface area contributed by atoms with Gasteiger partial charge < -0.3 is 14.5 Å². The highest BCUT2D eigenvalue weighted by atomic mass is 16.5. The molecule has 0 saturated carbocycles. The van der Waals surface area contributed by atoms with Gasteiger partial charge in [-0.15, -0.1) is 0 Å². The summed E-state index contributed by atoms with van der Waals surface area (Å²) >= 11 is 0. The zero-order chi connectivity index (χ0) is 17.6. The van der Waals surface area contributed by atoms with Crippen LogP contribution in [0.5, 0.6) is 5.75 Å². The Bertz CT molecular complexity index is 817. The van der Waals surface area contributed by atoms with E-state index in [4.69, 9.17) is 4.74 Å². The van der Waals surface area contributed by atoms with E-state index in [1.54, 1.807) is 38.0 Å². The van der Waals surface area contributed by atoms with Gasteiger partial charge in [0.1, 0.15) is 5.75 Å². The highest BCUT2D eigenvalue weighted by molar-refractivity contribution is 5.97. The summed E-state index contributed by atoms with van der Waals surface area (Å²) in [5, 5.41) is 0. The number of pyridine rings is 1. The molecule has 25 heavy (non-hydrogen) atoms. The topological polar surface area (TPSA) is 71.5 Å². The summed E-state index contributed by atoms with van der Waals surface area (Å²) in [6, 6.07) is 2.05. The SMILES string of the molecule is COc1cnccc1C(=O)N1CC2(C1)CN(C(C)C)c1nccnc12. The zero-order valence-corrected chi connectivity index (χ0v) is 14.6. The zero-order valence-electron chi connectivity index (χ0n) is 14.6. The van der Waals surface area contributed by atoms with Gasteiger partial charge in [0.05, 0.1) is 30.0 Å². The van der Waals surface area contributed by atoms with Gasteiger partial charge in [-0.1, -0.05) is 0 Å². The quantitative estimate of drug-likeness (QED) is 0.844. The molecule has 0 aliphatic carbocycles. The molecule has 2 aliphatic rings. The average molecular weight is 339 g/mol. The molecule has 130 valence electrons. The summed E-state index contributed by atoms with van der Waals surface area (Å²) < 4.78 is 5.27. The maximum Gasteiger partial charge on any atom is 0.257 e. The first-order valence-corrected chi connectivity index (χ1v) is 8.41. The number of methoxy groups -OCH3 is 1. The fourth-order valence-electron chi connectivity index (χ4n) is 3.79. The van der Waals surface area contributed by atoms with E-state index >= 15 is 0 Å². The number of anilines is 1. The Morgan fingerprint density at radius 3 is 2.68 bits per heavy atom. The second-order valence-corrected chi connectivity index (χ2v) is 6.97. The molecule has 0 atom stereocenters. The molecule has 0 aromatic carbocycles. The second-order valence-electron chi connectivity index (χ2n) is 6.97. The molecule has 4 rings (SSSR count). The van der Waals surface area contributed by atoms with Gasteiger partial charge >= 0.3 is 0 Å². The number of amides is 1. The van der Waals surface area contributed by atoms with E-state index in [1.807, 2.05) is 4.90 Å². The van der Waals surface area contributed by atoms with Crippen molar-refractivity contribution in [3.8, 4) is 5.75 Å². The van der Waals surface area contributed by atoms with Crippen LogP contribution in [-0.2, 0) is 5.41 Å². The Balaban J connectivity index is 1.58. The van der Waals surface area contributed by atoms with Crippen LogP contribution in [0.25, 0.3) is 0 Å². The van der Waals surface area contributed by atoms with Crippen molar-refractivity contribution in [3.63, 3.8) is 0 Å². The van der Waals surface area contributed by atoms with Crippen LogP contribution >= 0.6 is 0 Å². The molecule has 2 aliphatic heterocycles. The Labute approximate surface area is 146 Å². The molecule has 1 fully saturated rings. The molecule has 2 aromatic heterocycles. The Kier molecular flexibility index (Phi) is 3.59. The lowest BCUT2D eigenvalue weighted by molar-refractivity contribution is 0.0412. The van der Waals surface area contributed by atoms with Crippen LogP contribution < -0.4 is 9.64 Å². The Morgan fingerprint density at radius 2 is 1.96 bits per heavy atom. The third-order valence-corrected chi connectivity index (χ3v) is 5.06. The number of ether oxygens (including phenoxy) is 1. The number of hydrogen-bond acceptors (Lipinski definition) is 6. The molecule has 1 amide bonds. The molecule has 1 spiro atoms. The number of fused-ring (bicyclic) bond motifs is 2. The summed E-state index contributed by atoms with van der Waals surface area (Å²) in [6.07, 6.45) is 6.65. The molecule has 0 bridgehead atoms. The minimum Gasteiger partial charge on any atom is -0.494 e. The maximum atomic E-state index is 12.8. The molecule has 2 aromatic rings. The van der Waals surface area contributed by atoms with Gasteiger partial charge in [-0.3, -0.25) is 14.8 Å². The van der Waals surface area contributed by atoms with E-state index in [0.717, 1.165) is 18.1 Å². The Hall–Kier alpha value is -2.70. The molecule has 0 N–H and O–H groups in total. The fraction of sp³-hybridized carbons (Fsp3) is 0.444. The molecule has 4 heterocycles. The van der Waals surface area contributed by atoms with E-state index in [2.05, 4.69) is 33.7 Å². The van der Waals surface area contributed by atoms with E-state index in [9.17, 15) is 4.79 Å². The average Bonchev–Trinajstić information content (AvgIpc) is 2.96. The van der Waals surface area contributed by atoms with Crippen molar-refractivity contribution < 1.29 is 9.53 Å². The number of likely N-dealkylation sites (tertiary alicyclic amines) is 1. The van der Waals surface area contributed by atoms with Crippen molar-refractivity contribution in [2.45, 2.75) is 25.3 Å². The van der Waals surface area contributed by atoms with E-state index in [1.165, 1.54) is 0 Å². The van der Waals surface area contributed by atoms with Gasteiger partial charge in [-0.2, -0.15) is 0 Å². The molecule has 0 unspecified atom stereocenters. The van der Waals surface area contributed by atoms with Gasteiger partial charge in [-0.25, -0.2) is 4.98 Å². The van der Waals surface area contributed by atoms with Gasteiger partial charge in [-0.05, 0) is 19.9 Å². The van der Waals surface area contributed by atoms with Crippen molar-refractivity contribution >= 4 is 11.7 Å². The van der Waals surface area contributed by atoms with E-state index in [0.29, 0.717) is 30.4 Å². The van der Waals surface area contributed by atoms with Gasteiger partial charge in [0.15, 0.2) is 5.82 Å². The predicted molar refractivity (Wildman–Crippen MR) is 92.9 cm³/mol. The monoisotopic (exact) mass is 339 g/mol. The number of aromatic nitrogens is 3. The van der Waals surface area contributed by atoms with Crippen LogP contribution in [-0.4, -0.2) is 58.5 Å². The highest BCUT2D eigenvalue weighted by Crippen LogP contribution is 2.45. The van der Waals surface area contributed by atoms with E-state index in [-0.39, 0.29) is 11.3 Å². The summed E-state index contributed by atoms with van der Waals surface area (Å²) in [4.78, 5) is 30.1. The van der Waals surface area contributed by atoms with Crippen molar-refractivity contribution in [2.75, 3.05) is 31.6 Å². The molecule has 7 heteroatoms. The van der Waals surface area contributed by atoms with Crippen LogP contribution in [0.15, 0.2) is 30.9 Å². The molecular formula is C18H21N5O2. The standard InChI is InChI=1S/C18H21N5O2/c1-12(2)23-11-18(15-16(23)21-7-6-20-15)9-22(10-18)17(24)13-4-5-19-8-14(13)25-3/h4-8,12H,9-11H2,1-3H3. The maximum absolute atomic E-state index is 12.8. The lowest BCUT2D eigenvalue weighted by atomic mass is 9.78. The van der Waals surface area contributed by atoms with Crippen molar-refractivity contribution in [1.82, 2.24) is 19.9 Å². The second kappa shape index (κ2) is 5.68. The third-order valence-electron chi connectivity index (χ3n) is 5.06. The van der Waals surface area contributed by atoms with Gasteiger partial charge in [0, 0.05) is 44.3 Å². The molecule has 7 nitrogen and oxygen atoms in total. The molecule has 0 radical (unpaired) electrons. The summed E-state index contributed by atoms with van der Waals surface area (Å²) in [6.45, 7) is 6.45. The summed E-state index contributed by atoms with van der Waals surface area (Å²) in [5.41, 5.74) is 1.43. The number of carbonyl (C=O) groups excluding carboxylic acids is 1. The van der Waals surface area contributed by atoms with Crippen molar-refractivity contribution in [3.05, 3.63) is 42.1 Å². The molecular weight excluding hydrogens is 318 g/mol. The first kappa shape index (κ1) is 15.8. The van der Waals surface area contributed by atoms with Crippen LogP contribution in [0.3, 0.4) is 0 Å². The van der Waals surface area contributed by atoms with Crippen LogP contribution in [0, 0.1) is 0 Å². The van der Waals surface area contributed by atoms with Crippen molar-refractivity contribution in [2.24, 2.45) is 0 Å². The minimum absolute atomic E-state index is 0.0293. The first-order chi connectivity index (χ1) is 12.1. The number of nitrogens with zero attached hydrogens (tertiary/aromatic N) is 5. The van der Waals surface area contributed by atoms with Gasteiger partial charge in [0.2, 0.25) is 0 Å². The largest absolute Gasteiger partial charge is 0.494 e. The summed E-state index contributed by atoms with van der Waals surface area (Å²) in [7, 11) is 1.55. The lowest BCUT2D eigenvalue weighted by Crippen LogP contribution is -2.63. The predicted octanol–water partition coefficient (Wildman–Crippen LogP) is 1.50. The van der Waals surface area contributed by atoms with E-state index < -0.39 is 0 Å². The summed E-state index contributed by atoms with van der Waals surface area (Å²) in [5.74, 6) is 1.42. The highest BCUT2D eigenvalue weighted by Gasteiger charge is 2.55. The normalized spacial score (nSPS) is 17.6. The third kappa shape index (κ3) is 2.33. The van der Waals surface area contributed by atoms with Crippen molar-refractivity contribution in [1.29, 1.82) is 0 Å². The van der Waals surface area contributed by atoms with Crippen LogP contribution in [0.1, 0.15) is 29.9 Å². The van der Waals surface area contributed by atoms with Crippen LogP contribution in [0.2, 0.25) is 0 Å². The lowest BCUT2D eigenvalue weighted by Gasteiger charge is -2.47. The fourth-order valence-corrected chi connectivity index (χ4v) is 3.79. The Morgan fingerprint density at radius 1 is 1.20 bits per heavy atom.